The average molecular weight is 371 g/mol. The van der Waals surface area contributed by atoms with Gasteiger partial charge in [-0.25, -0.2) is 4.79 Å². The van der Waals surface area contributed by atoms with Crippen LogP contribution in [0, 0.1) is 6.92 Å². The van der Waals surface area contributed by atoms with Crippen LogP contribution in [0.1, 0.15) is 57.9 Å². The number of benzene rings is 1. The van der Waals surface area contributed by atoms with Crippen LogP contribution in [0.4, 0.5) is 0 Å². The summed E-state index contributed by atoms with van der Waals surface area (Å²) in [6.07, 6.45) is 4.92. The Labute approximate surface area is 159 Å². The van der Waals surface area contributed by atoms with Gasteiger partial charge in [0.1, 0.15) is 22.8 Å². The Hall–Kier alpha value is -2.76. The van der Waals surface area contributed by atoms with Gasteiger partial charge < -0.3 is 18.8 Å². The maximum Gasteiger partial charge on any atom is 0.341 e. The molecule has 27 heavy (non-hydrogen) atoms. The van der Waals surface area contributed by atoms with Crippen molar-refractivity contribution in [2.45, 2.75) is 45.3 Å². The van der Waals surface area contributed by atoms with Gasteiger partial charge in [0.25, 0.3) is 5.91 Å². The highest BCUT2D eigenvalue weighted by Crippen LogP contribution is 2.24. The lowest BCUT2D eigenvalue weighted by Crippen LogP contribution is -2.26. The molecule has 0 atom stereocenters. The van der Waals surface area contributed by atoms with Crippen LogP contribution in [0.3, 0.4) is 0 Å². The third kappa shape index (κ3) is 4.51. The molecule has 0 aliphatic heterocycles. The monoisotopic (exact) mass is 371 g/mol. The minimum absolute atomic E-state index is 0.129. The molecule has 6 nitrogen and oxygen atoms in total. The SMILES string of the molecule is COC(=O)c1cc(CN(C)C(=O)c2ccc(OC3CCCC3)cc2)oc1C. The number of carbonyl (C=O) groups is 2. The Balaban J connectivity index is 1.62. The van der Waals surface area contributed by atoms with Gasteiger partial charge in [0.05, 0.1) is 19.8 Å². The molecule has 0 radical (unpaired) electrons. The van der Waals surface area contributed by atoms with E-state index >= 15 is 0 Å². The number of amides is 1. The standard InChI is InChI=1S/C21H25NO5/c1-14-19(21(24)25-3)12-18(26-14)13-22(2)20(23)15-8-10-17(11-9-15)27-16-6-4-5-7-16/h8-12,16H,4-7,13H2,1-3H3. The zero-order valence-electron chi connectivity index (χ0n) is 16.0. The lowest BCUT2D eigenvalue weighted by Gasteiger charge is -2.17. The number of rotatable bonds is 6. The molecule has 1 aliphatic rings. The molecule has 1 aromatic carbocycles. The number of ether oxygens (including phenoxy) is 2. The molecule has 0 spiro atoms. The van der Waals surface area contributed by atoms with E-state index < -0.39 is 5.97 Å². The van der Waals surface area contributed by atoms with Crippen molar-refractivity contribution in [3.05, 3.63) is 53.0 Å². The molecule has 0 bridgehead atoms. The van der Waals surface area contributed by atoms with Crippen LogP contribution in [0.25, 0.3) is 0 Å². The largest absolute Gasteiger partial charge is 0.490 e. The van der Waals surface area contributed by atoms with Crippen molar-refractivity contribution in [1.29, 1.82) is 0 Å². The topological polar surface area (TPSA) is 69.0 Å². The molecule has 1 amide bonds. The van der Waals surface area contributed by atoms with Crippen LogP contribution in [0.2, 0.25) is 0 Å². The molecular weight excluding hydrogens is 346 g/mol. The molecule has 1 aromatic heterocycles. The van der Waals surface area contributed by atoms with Gasteiger partial charge >= 0.3 is 5.97 Å². The summed E-state index contributed by atoms with van der Waals surface area (Å²) in [6, 6.07) is 8.84. The maximum atomic E-state index is 12.6. The van der Waals surface area contributed by atoms with Crippen molar-refractivity contribution in [2.75, 3.05) is 14.2 Å². The van der Waals surface area contributed by atoms with Gasteiger partial charge in [-0.05, 0) is 62.9 Å². The third-order valence-electron chi connectivity index (χ3n) is 4.82. The highest BCUT2D eigenvalue weighted by molar-refractivity contribution is 5.94. The molecule has 6 heteroatoms. The predicted molar refractivity (Wildman–Crippen MR) is 99.9 cm³/mol. The lowest BCUT2D eigenvalue weighted by molar-refractivity contribution is 0.0598. The van der Waals surface area contributed by atoms with Crippen LogP contribution in [0.15, 0.2) is 34.7 Å². The van der Waals surface area contributed by atoms with Gasteiger partial charge in [-0.3, -0.25) is 4.79 Å². The molecule has 1 fully saturated rings. The molecular formula is C21H25NO5. The summed E-state index contributed by atoms with van der Waals surface area (Å²) in [4.78, 5) is 25.9. The van der Waals surface area contributed by atoms with E-state index in [2.05, 4.69) is 0 Å². The van der Waals surface area contributed by atoms with E-state index in [1.165, 1.54) is 20.0 Å². The van der Waals surface area contributed by atoms with Crippen LogP contribution >= 0.6 is 0 Å². The van der Waals surface area contributed by atoms with Crippen molar-refractivity contribution in [3.63, 3.8) is 0 Å². The fraction of sp³-hybridized carbons (Fsp3) is 0.429. The molecule has 0 unspecified atom stereocenters. The van der Waals surface area contributed by atoms with Gasteiger partial charge in [-0.1, -0.05) is 0 Å². The second kappa shape index (κ2) is 8.29. The molecule has 2 aromatic rings. The van der Waals surface area contributed by atoms with Crippen molar-refractivity contribution in [2.24, 2.45) is 0 Å². The molecule has 0 N–H and O–H groups in total. The number of hydrogen-bond donors (Lipinski definition) is 0. The van der Waals surface area contributed by atoms with E-state index in [0.29, 0.717) is 28.8 Å². The van der Waals surface area contributed by atoms with Crippen LogP contribution in [0.5, 0.6) is 5.75 Å². The fourth-order valence-corrected chi connectivity index (χ4v) is 3.33. The van der Waals surface area contributed by atoms with Gasteiger partial charge in [-0.15, -0.1) is 0 Å². The summed E-state index contributed by atoms with van der Waals surface area (Å²) < 4.78 is 16.2. The Morgan fingerprint density at radius 2 is 1.85 bits per heavy atom. The number of esters is 1. The summed E-state index contributed by atoms with van der Waals surface area (Å²) in [5.74, 6) is 1.23. The molecule has 3 rings (SSSR count). The zero-order valence-corrected chi connectivity index (χ0v) is 16.0. The Morgan fingerprint density at radius 1 is 1.19 bits per heavy atom. The number of furan rings is 1. The number of aryl methyl sites for hydroxylation is 1. The first-order valence-corrected chi connectivity index (χ1v) is 9.17. The summed E-state index contributed by atoms with van der Waals surface area (Å²) in [5, 5.41) is 0. The first-order valence-electron chi connectivity index (χ1n) is 9.17. The van der Waals surface area contributed by atoms with E-state index in [1.54, 1.807) is 37.1 Å². The van der Waals surface area contributed by atoms with Crippen LogP contribution < -0.4 is 4.74 Å². The Bertz CT molecular complexity index is 802. The number of carbonyl (C=O) groups excluding carboxylic acids is 2. The second-order valence-corrected chi connectivity index (χ2v) is 6.88. The maximum absolute atomic E-state index is 12.6. The second-order valence-electron chi connectivity index (χ2n) is 6.88. The average Bonchev–Trinajstić information content (AvgIpc) is 3.30. The van der Waals surface area contributed by atoms with Crippen molar-refractivity contribution in [1.82, 2.24) is 4.90 Å². The highest BCUT2D eigenvalue weighted by Gasteiger charge is 2.19. The lowest BCUT2D eigenvalue weighted by atomic mass is 10.2. The highest BCUT2D eigenvalue weighted by atomic mass is 16.5. The van der Waals surface area contributed by atoms with E-state index in [0.717, 1.165) is 18.6 Å². The normalized spacial score (nSPS) is 14.2. The number of hydrogen-bond acceptors (Lipinski definition) is 5. The van der Waals surface area contributed by atoms with E-state index in [1.807, 2.05) is 12.1 Å². The molecule has 144 valence electrons. The fourth-order valence-electron chi connectivity index (χ4n) is 3.33. The van der Waals surface area contributed by atoms with Crippen molar-refractivity contribution < 1.29 is 23.5 Å². The van der Waals surface area contributed by atoms with Gasteiger partial charge in [0, 0.05) is 12.6 Å². The smallest absolute Gasteiger partial charge is 0.341 e. The summed E-state index contributed by atoms with van der Waals surface area (Å²) in [6.45, 7) is 1.96. The molecule has 0 saturated heterocycles. The minimum Gasteiger partial charge on any atom is -0.490 e. The first-order chi connectivity index (χ1) is 13.0. The molecule has 1 aliphatic carbocycles. The number of nitrogens with zero attached hydrogens (tertiary/aromatic N) is 1. The van der Waals surface area contributed by atoms with Crippen LogP contribution in [-0.4, -0.2) is 37.0 Å². The van der Waals surface area contributed by atoms with Gasteiger partial charge in [0.2, 0.25) is 0 Å². The van der Waals surface area contributed by atoms with Crippen molar-refractivity contribution >= 4 is 11.9 Å². The Morgan fingerprint density at radius 3 is 2.48 bits per heavy atom. The Kier molecular flexibility index (Phi) is 5.84. The predicted octanol–water partition coefficient (Wildman–Crippen LogP) is 3.97. The first kappa shape index (κ1) is 19.0. The van der Waals surface area contributed by atoms with Crippen molar-refractivity contribution in [3.8, 4) is 5.75 Å². The van der Waals surface area contributed by atoms with Crippen LogP contribution in [-0.2, 0) is 11.3 Å². The summed E-state index contributed by atoms with van der Waals surface area (Å²) in [7, 11) is 3.02. The summed E-state index contributed by atoms with van der Waals surface area (Å²) in [5.41, 5.74) is 0.953. The molecule has 1 heterocycles. The number of methoxy groups -OCH3 is 1. The summed E-state index contributed by atoms with van der Waals surface area (Å²) >= 11 is 0. The minimum atomic E-state index is -0.450. The third-order valence-corrected chi connectivity index (χ3v) is 4.82. The molecule has 1 saturated carbocycles. The van der Waals surface area contributed by atoms with Gasteiger partial charge in [0.15, 0.2) is 0 Å². The zero-order chi connectivity index (χ0) is 19.4. The van der Waals surface area contributed by atoms with E-state index in [4.69, 9.17) is 13.9 Å². The van der Waals surface area contributed by atoms with Gasteiger partial charge in [-0.2, -0.15) is 0 Å². The van der Waals surface area contributed by atoms with E-state index in [-0.39, 0.29) is 12.5 Å². The van der Waals surface area contributed by atoms with E-state index in [9.17, 15) is 9.59 Å². The quantitative estimate of drug-likeness (QED) is 0.719.